The lowest BCUT2D eigenvalue weighted by Gasteiger charge is -2.19. The Hall–Kier alpha value is -1.86. The van der Waals surface area contributed by atoms with Gasteiger partial charge >= 0.3 is 0 Å². The van der Waals surface area contributed by atoms with E-state index >= 15 is 0 Å². The minimum atomic E-state index is 0.127. The lowest BCUT2D eigenvalue weighted by atomic mass is 9.85. The molecule has 0 aliphatic carbocycles. The standard InChI is InChI=1S/C20H22O/c1-15-13-20(18-11-7-4-8-12-18)21-16(2)14-19(15)17-9-5-3-6-10-17/h3-12,16,19-20H,1,13-14H2,2H3/t16-,19-,20-/m0/s1. The van der Waals surface area contributed by atoms with Crippen LogP contribution in [0.5, 0.6) is 0 Å². The van der Waals surface area contributed by atoms with Gasteiger partial charge in [0.1, 0.15) is 0 Å². The molecule has 1 nitrogen and oxygen atoms in total. The molecule has 0 spiro atoms. The van der Waals surface area contributed by atoms with Crippen molar-refractivity contribution < 1.29 is 4.74 Å². The van der Waals surface area contributed by atoms with Gasteiger partial charge in [-0.05, 0) is 30.9 Å². The summed E-state index contributed by atoms with van der Waals surface area (Å²) in [6.45, 7) is 6.53. The molecule has 0 amide bonds. The third-order valence-corrected chi connectivity index (χ3v) is 4.28. The highest BCUT2D eigenvalue weighted by Gasteiger charge is 2.28. The second-order valence-corrected chi connectivity index (χ2v) is 5.91. The summed E-state index contributed by atoms with van der Waals surface area (Å²) in [5.74, 6) is 0.398. The molecule has 2 aromatic carbocycles. The van der Waals surface area contributed by atoms with Gasteiger partial charge in [-0.3, -0.25) is 0 Å². The van der Waals surface area contributed by atoms with Crippen LogP contribution in [0, 0.1) is 0 Å². The van der Waals surface area contributed by atoms with Crippen molar-refractivity contribution >= 4 is 0 Å². The molecule has 21 heavy (non-hydrogen) atoms. The van der Waals surface area contributed by atoms with Gasteiger partial charge in [-0.15, -0.1) is 0 Å². The van der Waals surface area contributed by atoms with Crippen LogP contribution < -0.4 is 0 Å². The molecule has 1 heteroatoms. The van der Waals surface area contributed by atoms with Gasteiger partial charge in [0, 0.05) is 5.92 Å². The van der Waals surface area contributed by atoms with Crippen LogP contribution >= 0.6 is 0 Å². The van der Waals surface area contributed by atoms with Gasteiger partial charge < -0.3 is 4.74 Å². The molecule has 2 aromatic rings. The summed E-state index contributed by atoms with van der Waals surface area (Å²) >= 11 is 0. The van der Waals surface area contributed by atoms with Crippen LogP contribution in [-0.4, -0.2) is 6.10 Å². The van der Waals surface area contributed by atoms with E-state index in [1.807, 2.05) is 6.07 Å². The first-order valence-electron chi connectivity index (χ1n) is 7.67. The topological polar surface area (TPSA) is 9.23 Å². The Labute approximate surface area is 127 Å². The fourth-order valence-electron chi connectivity index (χ4n) is 3.18. The maximum Gasteiger partial charge on any atom is 0.0865 e. The van der Waals surface area contributed by atoms with E-state index in [4.69, 9.17) is 4.74 Å². The van der Waals surface area contributed by atoms with E-state index in [2.05, 4.69) is 68.1 Å². The molecule has 3 rings (SSSR count). The summed E-state index contributed by atoms with van der Waals surface area (Å²) in [4.78, 5) is 0. The molecule has 108 valence electrons. The number of benzene rings is 2. The fraction of sp³-hybridized carbons (Fsp3) is 0.300. The molecule has 1 aliphatic heterocycles. The Morgan fingerprint density at radius 3 is 2.10 bits per heavy atom. The van der Waals surface area contributed by atoms with Crippen molar-refractivity contribution in [3.63, 3.8) is 0 Å². The summed E-state index contributed by atoms with van der Waals surface area (Å²) in [6, 6.07) is 21.2. The van der Waals surface area contributed by atoms with Gasteiger partial charge in [-0.2, -0.15) is 0 Å². The molecule has 1 fully saturated rings. The van der Waals surface area contributed by atoms with Crippen molar-refractivity contribution in [1.82, 2.24) is 0 Å². The number of rotatable bonds is 2. The Bertz CT molecular complexity index is 588. The van der Waals surface area contributed by atoms with E-state index in [0.29, 0.717) is 5.92 Å². The Balaban J connectivity index is 1.85. The molecule has 1 heterocycles. The zero-order chi connectivity index (χ0) is 14.7. The Morgan fingerprint density at radius 2 is 1.48 bits per heavy atom. The van der Waals surface area contributed by atoms with Gasteiger partial charge in [0.2, 0.25) is 0 Å². The Morgan fingerprint density at radius 1 is 0.905 bits per heavy atom. The molecule has 0 unspecified atom stereocenters. The molecule has 0 radical (unpaired) electrons. The van der Waals surface area contributed by atoms with E-state index in [1.165, 1.54) is 16.7 Å². The van der Waals surface area contributed by atoms with Crippen molar-refractivity contribution in [2.24, 2.45) is 0 Å². The van der Waals surface area contributed by atoms with Crippen LogP contribution in [0.2, 0.25) is 0 Å². The number of ether oxygens (including phenoxy) is 1. The SMILES string of the molecule is C=C1C[C@@H](c2ccccc2)O[C@@H](C)C[C@@H]1c1ccccc1. The largest absolute Gasteiger partial charge is 0.370 e. The first kappa shape index (κ1) is 14.1. The van der Waals surface area contributed by atoms with Crippen molar-refractivity contribution in [3.8, 4) is 0 Å². The molecule has 0 N–H and O–H groups in total. The lowest BCUT2D eigenvalue weighted by molar-refractivity contribution is 0.00151. The average molecular weight is 278 g/mol. The molecule has 3 atom stereocenters. The van der Waals surface area contributed by atoms with E-state index in [0.717, 1.165) is 12.8 Å². The van der Waals surface area contributed by atoms with Crippen molar-refractivity contribution in [3.05, 3.63) is 83.9 Å². The van der Waals surface area contributed by atoms with Gasteiger partial charge in [0.15, 0.2) is 0 Å². The summed E-state index contributed by atoms with van der Waals surface area (Å²) < 4.78 is 6.26. The maximum atomic E-state index is 6.26. The second-order valence-electron chi connectivity index (χ2n) is 5.91. The van der Waals surface area contributed by atoms with E-state index in [1.54, 1.807) is 0 Å². The molecule has 0 saturated carbocycles. The quantitative estimate of drug-likeness (QED) is 0.680. The summed E-state index contributed by atoms with van der Waals surface area (Å²) in [5.41, 5.74) is 3.88. The van der Waals surface area contributed by atoms with Crippen molar-refractivity contribution in [2.45, 2.75) is 37.9 Å². The smallest absolute Gasteiger partial charge is 0.0865 e. The van der Waals surface area contributed by atoms with Gasteiger partial charge in [0.05, 0.1) is 12.2 Å². The molecule has 0 bridgehead atoms. The summed E-state index contributed by atoms with van der Waals surface area (Å²) in [7, 11) is 0. The summed E-state index contributed by atoms with van der Waals surface area (Å²) in [6.07, 6.45) is 2.27. The monoisotopic (exact) mass is 278 g/mol. The third-order valence-electron chi connectivity index (χ3n) is 4.28. The normalized spacial score (nSPS) is 26.3. The Kier molecular flexibility index (Phi) is 4.21. The number of hydrogen-bond acceptors (Lipinski definition) is 1. The zero-order valence-corrected chi connectivity index (χ0v) is 12.5. The third kappa shape index (κ3) is 3.25. The van der Waals surface area contributed by atoms with Crippen LogP contribution in [0.4, 0.5) is 0 Å². The minimum Gasteiger partial charge on any atom is -0.370 e. The summed E-state index contributed by atoms with van der Waals surface area (Å²) in [5, 5.41) is 0. The fourth-order valence-corrected chi connectivity index (χ4v) is 3.18. The van der Waals surface area contributed by atoms with Gasteiger partial charge in [-0.1, -0.05) is 72.8 Å². The zero-order valence-electron chi connectivity index (χ0n) is 12.5. The first-order valence-corrected chi connectivity index (χ1v) is 7.67. The van der Waals surface area contributed by atoms with Crippen LogP contribution in [0.25, 0.3) is 0 Å². The molecular weight excluding hydrogens is 256 g/mol. The van der Waals surface area contributed by atoms with Crippen LogP contribution in [0.3, 0.4) is 0 Å². The lowest BCUT2D eigenvalue weighted by Crippen LogP contribution is -2.12. The highest BCUT2D eigenvalue weighted by atomic mass is 16.5. The van der Waals surface area contributed by atoms with Crippen LogP contribution in [0.1, 0.15) is 42.9 Å². The highest BCUT2D eigenvalue weighted by molar-refractivity contribution is 5.30. The predicted molar refractivity (Wildman–Crippen MR) is 87.3 cm³/mol. The van der Waals surface area contributed by atoms with Gasteiger partial charge in [-0.25, -0.2) is 0 Å². The molecule has 1 aliphatic rings. The van der Waals surface area contributed by atoms with E-state index in [-0.39, 0.29) is 12.2 Å². The number of hydrogen-bond donors (Lipinski definition) is 0. The average Bonchev–Trinajstić information content (AvgIpc) is 2.68. The van der Waals surface area contributed by atoms with E-state index in [9.17, 15) is 0 Å². The molecule has 1 saturated heterocycles. The van der Waals surface area contributed by atoms with Crippen LogP contribution in [0.15, 0.2) is 72.8 Å². The van der Waals surface area contributed by atoms with E-state index < -0.39 is 0 Å². The van der Waals surface area contributed by atoms with Crippen molar-refractivity contribution in [2.75, 3.05) is 0 Å². The minimum absolute atomic E-state index is 0.127. The first-order chi connectivity index (χ1) is 10.2. The molecule has 0 aromatic heterocycles. The predicted octanol–water partition coefficient (Wildman–Crippen LogP) is 5.27. The maximum absolute atomic E-state index is 6.26. The highest BCUT2D eigenvalue weighted by Crippen LogP contribution is 2.40. The van der Waals surface area contributed by atoms with Gasteiger partial charge in [0.25, 0.3) is 0 Å². The van der Waals surface area contributed by atoms with Crippen LogP contribution in [-0.2, 0) is 4.74 Å². The van der Waals surface area contributed by atoms with Crippen molar-refractivity contribution in [1.29, 1.82) is 0 Å². The second kappa shape index (κ2) is 6.28. The molecular formula is C20H22O.